The molecule has 0 fully saturated rings. The second-order valence-corrected chi connectivity index (χ2v) is 3.96. The van der Waals surface area contributed by atoms with Crippen molar-refractivity contribution in [2.75, 3.05) is 0 Å². The number of benzene rings is 2. The van der Waals surface area contributed by atoms with Crippen molar-refractivity contribution in [3.8, 4) is 17.2 Å². The zero-order chi connectivity index (χ0) is 12.4. The van der Waals surface area contributed by atoms with Crippen LogP contribution in [0, 0.1) is 19.7 Å². The molecule has 0 aromatic heterocycles. The first kappa shape index (κ1) is 11.5. The van der Waals surface area contributed by atoms with E-state index in [0.717, 1.165) is 11.1 Å². The van der Waals surface area contributed by atoms with Crippen LogP contribution in [0.15, 0.2) is 36.4 Å². The van der Waals surface area contributed by atoms with E-state index in [2.05, 4.69) is 0 Å². The molecule has 0 aliphatic rings. The number of aromatic hydroxyl groups is 1. The Bertz CT molecular complexity index is 550. The monoisotopic (exact) mass is 232 g/mol. The molecule has 2 aromatic rings. The van der Waals surface area contributed by atoms with Crippen LogP contribution in [0.4, 0.5) is 4.39 Å². The molecule has 0 heterocycles. The minimum Gasteiger partial charge on any atom is -0.508 e. The first-order valence-corrected chi connectivity index (χ1v) is 5.30. The van der Waals surface area contributed by atoms with Gasteiger partial charge in [0.05, 0.1) is 0 Å². The van der Waals surface area contributed by atoms with Gasteiger partial charge in [0.1, 0.15) is 11.5 Å². The molecule has 0 unspecified atom stereocenters. The van der Waals surface area contributed by atoms with Crippen molar-refractivity contribution in [3.63, 3.8) is 0 Å². The topological polar surface area (TPSA) is 29.5 Å². The molecule has 0 aliphatic carbocycles. The Labute approximate surface area is 99.3 Å². The lowest BCUT2D eigenvalue weighted by atomic mass is 10.1. The summed E-state index contributed by atoms with van der Waals surface area (Å²) in [6.45, 7) is 3.95. The van der Waals surface area contributed by atoms with Gasteiger partial charge < -0.3 is 9.84 Å². The van der Waals surface area contributed by atoms with Gasteiger partial charge in [-0.05, 0) is 49.2 Å². The van der Waals surface area contributed by atoms with Gasteiger partial charge in [0, 0.05) is 6.07 Å². The molecule has 3 heteroatoms. The third-order valence-electron chi connectivity index (χ3n) is 2.62. The highest BCUT2D eigenvalue weighted by Gasteiger charge is 2.06. The van der Waals surface area contributed by atoms with Crippen molar-refractivity contribution in [1.29, 1.82) is 0 Å². The van der Waals surface area contributed by atoms with Crippen molar-refractivity contribution in [2.24, 2.45) is 0 Å². The highest BCUT2D eigenvalue weighted by atomic mass is 19.1. The molecule has 0 saturated heterocycles. The minimum atomic E-state index is -0.499. The lowest BCUT2D eigenvalue weighted by Gasteiger charge is -2.09. The molecule has 2 aromatic carbocycles. The van der Waals surface area contributed by atoms with Gasteiger partial charge in [-0.15, -0.1) is 0 Å². The van der Waals surface area contributed by atoms with E-state index in [1.165, 1.54) is 18.2 Å². The summed E-state index contributed by atoms with van der Waals surface area (Å²) < 4.78 is 18.8. The summed E-state index contributed by atoms with van der Waals surface area (Å²) in [7, 11) is 0. The Hall–Kier alpha value is -2.03. The molecule has 0 bridgehead atoms. The minimum absolute atomic E-state index is 0.0215. The van der Waals surface area contributed by atoms with E-state index in [9.17, 15) is 9.50 Å². The van der Waals surface area contributed by atoms with Gasteiger partial charge in [-0.25, -0.2) is 4.39 Å². The Morgan fingerprint density at radius 3 is 2.47 bits per heavy atom. The van der Waals surface area contributed by atoms with Crippen molar-refractivity contribution in [2.45, 2.75) is 13.8 Å². The molecule has 2 nitrogen and oxygen atoms in total. The molecule has 0 amide bonds. The van der Waals surface area contributed by atoms with E-state index in [-0.39, 0.29) is 11.5 Å². The Kier molecular flexibility index (Phi) is 3.00. The average Bonchev–Trinajstić information content (AvgIpc) is 2.29. The molecule has 1 N–H and O–H groups in total. The Morgan fingerprint density at radius 2 is 1.76 bits per heavy atom. The number of hydrogen-bond acceptors (Lipinski definition) is 2. The van der Waals surface area contributed by atoms with Crippen LogP contribution in [0.1, 0.15) is 11.1 Å². The van der Waals surface area contributed by atoms with Crippen LogP contribution >= 0.6 is 0 Å². The first-order chi connectivity index (χ1) is 8.06. The van der Waals surface area contributed by atoms with Gasteiger partial charge in [-0.2, -0.15) is 0 Å². The molecule has 0 atom stereocenters. The summed E-state index contributed by atoms with van der Waals surface area (Å²) in [4.78, 5) is 0. The standard InChI is InChI=1S/C14H13FO2/c1-9-3-5-12(7-10(9)2)17-14-8-11(16)4-6-13(14)15/h3-8,16H,1-2H3. The number of halogens is 1. The lowest BCUT2D eigenvalue weighted by Crippen LogP contribution is -1.89. The maximum Gasteiger partial charge on any atom is 0.166 e. The number of rotatable bonds is 2. The van der Waals surface area contributed by atoms with Crippen molar-refractivity contribution in [3.05, 3.63) is 53.3 Å². The van der Waals surface area contributed by atoms with E-state index in [0.29, 0.717) is 5.75 Å². The fourth-order valence-corrected chi connectivity index (χ4v) is 1.47. The highest BCUT2D eigenvalue weighted by Crippen LogP contribution is 2.28. The van der Waals surface area contributed by atoms with E-state index < -0.39 is 5.82 Å². The van der Waals surface area contributed by atoms with Crippen molar-refractivity contribution >= 4 is 0 Å². The molecule has 0 aliphatic heterocycles. The van der Waals surface area contributed by atoms with E-state index in [1.807, 2.05) is 26.0 Å². The normalized spacial score (nSPS) is 10.3. The summed E-state index contributed by atoms with van der Waals surface area (Å²) in [6, 6.07) is 9.22. The predicted octanol–water partition coefficient (Wildman–Crippen LogP) is 3.94. The summed E-state index contributed by atoms with van der Waals surface area (Å²) in [5.41, 5.74) is 2.22. The lowest BCUT2D eigenvalue weighted by molar-refractivity contribution is 0.427. The van der Waals surface area contributed by atoms with Crippen LogP contribution in [0.3, 0.4) is 0 Å². The average molecular weight is 232 g/mol. The SMILES string of the molecule is Cc1ccc(Oc2cc(O)ccc2F)cc1C. The van der Waals surface area contributed by atoms with Gasteiger partial charge in [-0.1, -0.05) is 6.07 Å². The van der Waals surface area contributed by atoms with Gasteiger partial charge in [0.15, 0.2) is 11.6 Å². The first-order valence-electron chi connectivity index (χ1n) is 5.30. The molecule has 0 spiro atoms. The number of aryl methyl sites for hydroxylation is 2. The van der Waals surface area contributed by atoms with Gasteiger partial charge in [-0.3, -0.25) is 0 Å². The molecule has 0 radical (unpaired) electrons. The number of phenols is 1. The molecular weight excluding hydrogens is 219 g/mol. The second kappa shape index (κ2) is 4.45. The summed E-state index contributed by atoms with van der Waals surface area (Å²) in [5, 5.41) is 9.27. The maximum absolute atomic E-state index is 13.4. The quantitative estimate of drug-likeness (QED) is 0.849. The third kappa shape index (κ3) is 2.56. The van der Waals surface area contributed by atoms with Crippen LogP contribution < -0.4 is 4.74 Å². The van der Waals surface area contributed by atoms with Crippen LogP contribution in [-0.4, -0.2) is 5.11 Å². The second-order valence-electron chi connectivity index (χ2n) is 3.96. The van der Waals surface area contributed by atoms with Gasteiger partial charge in [0.2, 0.25) is 0 Å². The zero-order valence-corrected chi connectivity index (χ0v) is 9.70. The summed E-state index contributed by atoms with van der Waals surface area (Å²) in [6.07, 6.45) is 0. The Morgan fingerprint density at radius 1 is 1.00 bits per heavy atom. The molecule has 17 heavy (non-hydrogen) atoms. The van der Waals surface area contributed by atoms with Crippen LogP contribution in [0.5, 0.6) is 17.2 Å². The van der Waals surface area contributed by atoms with E-state index in [1.54, 1.807) is 6.07 Å². The van der Waals surface area contributed by atoms with Crippen molar-refractivity contribution < 1.29 is 14.2 Å². The maximum atomic E-state index is 13.4. The molecule has 2 rings (SSSR count). The van der Waals surface area contributed by atoms with Gasteiger partial charge >= 0.3 is 0 Å². The van der Waals surface area contributed by atoms with Crippen LogP contribution in [-0.2, 0) is 0 Å². The predicted molar refractivity (Wildman–Crippen MR) is 64.1 cm³/mol. The largest absolute Gasteiger partial charge is 0.508 e. The van der Waals surface area contributed by atoms with Crippen LogP contribution in [0.2, 0.25) is 0 Å². The highest BCUT2D eigenvalue weighted by molar-refractivity contribution is 5.40. The number of ether oxygens (including phenoxy) is 1. The van der Waals surface area contributed by atoms with E-state index in [4.69, 9.17) is 4.74 Å². The third-order valence-corrected chi connectivity index (χ3v) is 2.62. The molecule has 88 valence electrons. The fourth-order valence-electron chi connectivity index (χ4n) is 1.47. The summed E-state index contributed by atoms with van der Waals surface area (Å²) >= 11 is 0. The van der Waals surface area contributed by atoms with Crippen LogP contribution in [0.25, 0.3) is 0 Å². The van der Waals surface area contributed by atoms with Gasteiger partial charge in [0.25, 0.3) is 0 Å². The molecular formula is C14H13FO2. The van der Waals surface area contributed by atoms with Crippen molar-refractivity contribution in [1.82, 2.24) is 0 Å². The fraction of sp³-hybridized carbons (Fsp3) is 0.143. The van der Waals surface area contributed by atoms with E-state index >= 15 is 0 Å². The Balaban J connectivity index is 2.31. The molecule has 0 saturated carbocycles. The number of hydrogen-bond donors (Lipinski definition) is 1. The summed E-state index contributed by atoms with van der Waals surface area (Å²) in [5.74, 6) is 0.0529. The number of phenolic OH excluding ortho intramolecular Hbond substituents is 1. The smallest absolute Gasteiger partial charge is 0.166 e. The zero-order valence-electron chi connectivity index (χ0n) is 9.70.